The first-order valence-electron chi connectivity index (χ1n) is 7.42. The maximum atomic E-state index is 12.3. The van der Waals surface area contributed by atoms with Crippen molar-refractivity contribution in [2.75, 3.05) is 19.6 Å². The van der Waals surface area contributed by atoms with Crippen molar-refractivity contribution in [3.8, 4) is 0 Å². The lowest BCUT2D eigenvalue weighted by molar-refractivity contribution is 0.121. The Bertz CT molecular complexity index is 570. The van der Waals surface area contributed by atoms with Crippen molar-refractivity contribution in [2.45, 2.75) is 50.1 Å². The highest BCUT2D eigenvalue weighted by Gasteiger charge is 2.22. The van der Waals surface area contributed by atoms with Gasteiger partial charge in [-0.2, -0.15) is 5.10 Å². The summed E-state index contributed by atoms with van der Waals surface area (Å²) in [5.41, 5.74) is 0. The molecule has 0 unspecified atom stereocenters. The highest BCUT2D eigenvalue weighted by Crippen LogP contribution is 2.12. The Morgan fingerprint density at radius 2 is 1.95 bits per heavy atom. The van der Waals surface area contributed by atoms with Crippen molar-refractivity contribution in [3.05, 3.63) is 12.4 Å². The van der Waals surface area contributed by atoms with Crippen molar-refractivity contribution in [2.24, 2.45) is 0 Å². The molecule has 0 saturated carbocycles. The zero-order valence-electron chi connectivity index (χ0n) is 12.6. The number of aromatic nitrogens is 2. The number of sulfonamides is 1. The minimum atomic E-state index is -3.73. The van der Waals surface area contributed by atoms with Gasteiger partial charge < -0.3 is 4.90 Å². The lowest BCUT2D eigenvalue weighted by Crippen LogP contribution is -2.43. The Balaban J connectivity index is 1.93. The van der Waals surface area contributed by atoms with Crippen LogP contribution in [0.4, 0.5) is 8.78 Å². The van der Waals surface area contributed by atoms with Crippen molar-refractivity contribution >= 4 is 10.0 Å². The van der Waals surface area contributed by atoms with E-state index in [9.17, 15) is 17.2 Å². The maximum Gasteiger partial charge on any atom is 0.257 e. The van der Waals surface area contributed by atoms with Gasteiger partial charge in [0, 0.05) is 18.8 Å². The van der Waals surface area contributed by atoms with E-state index in [0.29, 0.717) is 6.54 Å². The number of nitrogens with zero attached hydrogens (tertiary/aromatic N) is 3. The van der Waals surface area contributed by atoms with Crippen LogP contribution in [0.1, 0.15) is 26.2 Å². The number of nitrogens with one attached hydrogen (secondary N) is 1. The molecular formula is C13H22F2N4O2S. The third-order valence-corrected chi connectivity index (χ3v) is 5.13. The maximum absolute atomic E-state index is 12.3. The van der Waals surface area contributed by atoms with Gasteiger partial charge in [-0.1, -0.05) is 6.42 Å². The van der Waals surface area contributed by atoms with Crippen LogP contribution in [0.2, 0.25) is 0 Å². The zero-order valence-corrected chi connectivity index (χ0v) is 13.4. The number of likely N-dealkylation sites (tertiary alicyclic amines) is 1. The van der Waals surface area contributed by atoms with Crippen LogP contribution in [-0.2, 0) is 16.6 Å². The molecule has 1 aromatic heterocycles. The van der Waals surface area contributed by atoms with E-state index in [0.717, 1.165) is 43.0 Å². The number of hydrogen-bond donors (Lipinski definition) is 1. The summed E-state index contributed by atoms with van der Waals surface area (Å²) < 4.78 is 52.5. The van der Waals surface area contributed by atoms with Crippen LogP contribution < -0.4 is 4.72 Å². The van der Waals surface area contributed by atoms with Crippen LogP contribution >= 0.6 is 0 Å². The number of rotatable bonds is 7. The van der Waals surface area contributed by atoms with Gasteiger partial charge in [0.15, 0.2) is 0 Å². The normalized spacial score (nSPS) is 18.7. The standard InChI is InChI=1S/C13H22F2N4O2S/c1-11(8-18-5-3-2-4-6-18)17-22(20,21)12-7-16-19(9-12)10-13(14)15/h7,9,11,13,17H,2-6,8,10H2,1H3/t11-/m1/s1. The fraction of sp³-hybridized carbons (Fsp3) is 0.769. The van der Waals surface area contributed by atoms with E-state index in [4.69, 9.17) is 0 Å². The van der Waals surface area contributed by atoms with E-state index in [-0.39, 0.29) is 10.9 Å². The van der Waals surface area contributed by atoms with Crippen LogP contribution in [0.15, 0.2) is 17.3 Å². The zero-order chi connectivity index (χ0) is 16.2. The predicted molar refractivity (Wildman–Crippen MR) is 78.3 cm³/mol. The molecule has 2 rings (SSSR count). The van der Waals surface area contributed by atoms with Crippen molar-refractivity contribution in [3.63, 3.8) is 0 Å². The summed E-state index contributed by atoms with van der Waals surface area (Å²) in [5.74, 6) is 0. The summed E-state index contributed by atoms with van der Waals surface area (Å²) in [6.45, 7) is 3.80. The summed E-state index contributed by atoms with van der Waals surface area (Å²) in [5, 5.41) is 3.65. The largest absolute Gasteiger partial charge is 0.302 e. The van der Waals surface area contributed by atoms with Gasteiger partial charge >= 0.3 is 0 Å². The summed E-state index contributed by atoms with van der Waals surface area (Å²) in [7, 11) is -3.73. The average molecular weight is 336 g/mol. The molecule has 6 nitrogen and oxygen atoms in total. The van der Waals surface area contributed by atoms with E-state index in [2.05, 4.69) is 14.7 Å². The van der Waals surface area contributed by atoms with Crippen molar-refractivity contribution in [1.29, 1.82) is 0 Å². The molecule has 0 bridgehead atoms. The summed E-state index contributed by atoms with van der Waals surface area (Å²) >= 11 is 0. The molecule has 126 valence electrons. The molecule has 1 aliphatic heterocycles. The molecular weight excluding hydrogens is 314 g/mol. The van der Waals surface area contributed by atoms with Gasteiger partial charge in [-0.25, -0.2) is 21.9 Å². The summed E-state index contributed by atoms with van der Waals surface area (Å²) in [6.07, 6.45) is 3.15. The van der Waals surface area contributed by atoms with E-state index in [1.54, 1.807) is 6.92 Å². The van der Waals surface area contributed by atoms with E-state index in [1.165, 1.54) is 6.42 Å². The molecule has 0 amide bonds. The Kier molecular flexibility index (Phi) is 5.87. The van der Waals surface area contributed by atoms with Gasteiger partial charge in [-0.15, -0.1) is 0 Å². The van der Waals surface area contributed by atoms with Crippen LogP contribution in [0.5, 0.6) is 0 Å². The monoisotopic (exact) mass is 336 g/mol. The topological polar surface area (TPSA) is 67.2 Å². The second-order valence-electron chi connectivity index (χ2n) is 5.67. The van der Waals surface area contributed by atoms with Crippen LogP contribution in [0.25, 0.3) is 0 Å². The molecule has 1 N–H and O–H groups in total. The lowest BCUT2D eigenvalue weighted by atomic mass is 10.1. The Morgan fingerprint density at radius 3 is 2.59 bits per heavy atom. The van der Waals surface area contributed by atoms with Gasteiger partial charge in [0.05, 0.1) is 6.20 Å². The molecule has 1 atom stereocenters. The highest BCUT2D eigenvalue weighted by atomic mass is 32.2. The molecule has 1 aliphatic rings. The second-order valence-corrected chi connectivity index (χ2v) is 7.39. The first kappa shape index (κ1) is 17.3. The average Bonchev–Trinajstić information content (AvgIpc) is 2.87. The van der Waals surface area contributed by atoms with Crippen molar-refractivity contribution in [1.82, 2.24) is 19.4 Å². The molecule has 1 aromatic rings. The number of piperidine rings is 1. The van der Waals surface area contributed by atoms with E-state index < -0.39 is 23.0 Å². The molecule has 0 aromatic carbocycles. The van der Waals surface area contributed by atoms with Gasteiger partial charge in [-0.05, 0) is 32.9 Å². The fourth-order valence-electron chi connectivity index (χ4n) is 2.62. The molecule has 0 radical (unpaired) electrons. The predicted octanol–water partition coefficient (Wildman–Crippen LogP) is 1.30. The molecule has 22 heavy (non-hydrogen) atoms. The Hall–Kier alpha value is -1.06. The Morgan fingerprint density at radius 1 is 1.27 bits per heavy atom. The minimum absolute atomic E-state index is 0.0846. The third kappa shape index (κ3) is 4.99. The van der Waals surface area contributed by atoms with Gasteiger partial charge in [0.2, 0.25) is 10.0 Å². The van der Waals surface area contributed by atoms with Gasteiger partial charge in [0.25, 0.3) is 6.43 Å². The van der Waals surface area contributed by atoms with Crippen LogP contribution in [0.3, 0.4) is 0 Å². The number of alkyl halides is 2. The van der Waals surface area contributed by atoms with E-state index >= 15 is 0 Å². The molecule has 0 spiro atoms. The highest BCUT2D eigenvalue weighted by molar-refractivity contribution is 7.89. The number of halogens is 2. The minimum Gasteiger partial charge on any atom is -0.302 e. The Labute approximate surface area is 129 Å². The number of hydrogen-bond acceptors (Lipinski definition) is 4. The molecule has 2 heterocycles. The SMILES string of the molecule is C[C@H](CN1CCCCC1)NS(=O)(=O)c1cnn(CC(F)F)c1. The fourth-order valence-corrected chi connectivity index (χ4v) is 3.81. The van der Waals surface area contributed by atoms with Gasteiger partial charge in [-0.3, -0.25) is 4.68 Å². The quantitative estimate of drug-likeness (QED) is 0.815. The molecule has 9 heteroatoms. The van der Waals surface area contributed by atoms with Crippen molar-refractivity contribution < 1.29 is 17.2 Å². The third-order valence-electron chi connectivity index (χ3n) is 3.58. The molecule has 1 fully saturated rings. The van der Waals surface area contributed by atoms with Crippen LogP contribution in [-0.4, -0.2) is 55.2 Å². The molecule has 1 saturated heterocycles. The first-order chi connectivity index (χ1) is 10.4. The summed E-state index contributed by atoms with van der Waals surface area (Å²) in [4.78, 5) is 2.15. The first-order valence-corrected chi connectivity index (χ1v) is 8.90. The molecule has 0 aliphatic carbocycles. The van der Waals surface area contributed by atoms with E-state index in [1.807, 2.05) is 0 Å². The lowest BCUT2D eigenvalue weighted by Gasteiger charge is -2.29. The smallest absolute Gasteiger partial charge is 0.257 e. The summed E-state index contributed by atoms with van der Waals surface area (Å²) in [6, 6.07) is -0.249. The van der Waals surface area contributed by atoms with Crippen LogP contribution in [0, 0.1) is 0 Å². The van der Waals surface area contributed by atoms with Gasteiger partial charge in [0.1, 0.15) is 11.4 Å². The second kappa shape index (κ2) is 7.47.